The molecule has 1 aromatic heterocycles. The van der Waals surface area contributed by atoms with Crippen LogP contribution < -0.4 is 5.32 Å². The summed E-state index contributed by atoms with van der Waals surface area (Å²) < 4.78 is 40.4. The third-order valence-electron chi connectivity index (χ3n) is 2.57. The first-order valence-corrected chi connectivity index (χ1v) is 6.42. The molecular weight excluding hydrogens is 259 g/mol. The molecule has 18 heavy (non-hydrogen) atoms. The second kappa shape index (κ2) is 5.54. The van der Waals surface area contributed by atoms with Crippen molar-refractivity contribution in [3.05, 3.63) is 57.5 Å². The van der Waals surface area contributed by atoms with E-state index in [-0.39, 0.29) is 5.56 Å². The van der Waals surface area contributed by atoms with Crippen molar-refractivity contribution in [2.24, 2.45) is 0 Å². The zero-order valence-corrected chi connectivity index (χ0v) is 10.5. The molecule has 1 nitrogen and oxygen atoms in total. The zero-order valence-electron chi connectivity index (χ0n) is 9.71. The van der Waals surface area contributed by atoms with Gasteiger partial charge < -0.3 is 5.32 Å². The Kier molecular flexibility index (Phi) is 4.04. The maximum Gasteiger partial charge on any atom is 0.134 e. The molecule has 1 heterocycles. The van der Waals surface area contributed by atoms with Crippen LogP contribution in [0, 0.1) is 17.5 Å². The monoisotopic (exact) mass is 271 g/mol. The second-order valence-corrected chi connectivity index (χ2v) is 4.77. The quantitative estimate of drug-likeness (QED) is 0.890. The fourth-order valence-corrected chi connectivity index (χ4v) is 2.64. The normalized spacial score (nSPS) is 12.7. The van der Waals surface area contributed by atoms with Crippen molar-refractivity contribution in [2.45, 2.75) is 13.0 Å². The lowest BCUT2D eigenvalue weighted by molar-refractivity contribution is 0.494. The smallest absolute Gasteiger partial charge is 0.134 e. The minimum atomic E-state index is -0.907. The molecule has 0 aliphatic heterocycles. The summed E-state index contributed by atoms with van der Waals surface area (Å²) in [6, 6.07) is 4.42. The number of hydrogen-bond acceptors (Lipinski definition) is 2. The maximum atomic E-state index is 13.8. The lowest BCUT2D eigenvalue weighted by atomic mass is 10.0. The first kappa shape index (κ1) is 13.1. The zero-order chi connectivity index (χ0) is 13.1. The fourth-order valence-electron chi connectivity index (χ4n) is 1.83. The first-order chi connectivity index (χ1) is 8.63. The second-order valence-electron chi connectivity index (χ2n) is 3.79. The van der Waals surface area contributed by atoms with Crippen molar-refractivity contribution in [3.8, 4) is 0 Å². The van der Waals surface area contributed by atoms with E-state index in [1.807, 2.05) is 18.4 Å². The Hall–Kier alpha value is -1.33. The van der Waals surface area contributed by atoms with Gasteiger partial charge in [-0.1, -0.05) is 13.0 Å². The average molecular weight is 271 g/mol. The molecule has 0 saturated heterocycles. The standard InChI is InChI=1S/C13H12F3NS/c1-2-17-13(11-4-3-5-18-11)12-9(15)6-8(14)7-10(12)16/h3-7,13,17H,2H2,1H3. The van der Waals surface area contributed by atoms with Gasteiger partial charge >= 0.3 is 0 Å². The van der Waals surface area contributed by atoms with E-state index in [2.05, 4.69) is 5.32 Å². The van der Waals surface area contributed by atoms with E-state index in [1.54, 1.807) is 6.07 Å². The van der Waals surface area contributed by atoms with Crippen LogP contribution in [0.25, 0.3) is 0 Å². The van der Waals surface area contributed by atoms with E-state index in [0.29, 0.717) is 18.7 Å². The van der Waals surface area contributed by atoms with Gasteiger partial charge in [0.25, 0.3) is 0 Å². The summed E-state index contributed by atoms with van der Waals surface area (Å²) >= 11 is 1.40. The lowest BCUT2D eigenvalue weighted by Crippen LogP contribution is -2.23. The van der Waals surface area contributed by atoms with Gasteiger partial charge in [-0.3, -0.25) is 0 Å². The van der Waals surface area contributed by atoms with Crippen LogP contribution in [0.15, 0.2) is 29.6 Å². The summed E-state index contributed by atoms with van der Waals surface area (Å²) in [6.45, 7) is 2.40. The largest absolute Gasteiger partial charge is 0.306 e. The van der Waals surface area contributed by atoms with Crippen LogP contribution in [0.3, 0.4) is 0 Å². The lowest BCUT2D eigenvalue weighted by Gasteiger charge is -2.18. The van der Waals surface area contributed by atoms with Crippen molar-refractivity contribution < 1.29 is 13.2 Å². The van der Waals surface area contributed by atoms with E-state index in [9.17, 15) is 13.2 Å². The van der Waals surface area contributed by atoms with Crippen LogP contribution >= 0.6 is 11.3 Å². The Morgan fingerprint density at radius 1 is 1.22 bits per heavy atom. The summed E-state index contributed by atoms with van der Waals surface area (Å²) in [6.07, 6.45) is 0. The molecule has 1 atom stereocenters. The van der Waals surface area contributed by atoms with Crippen molar-refractivity contribution in [2.75, 3.05) is 6.54 Å². The Labute approximate surface area is 107 Å². The number of rotatable bonds is 4. The van der Waals surface area contributed by atoms with Gasteiger partial charge in [-0.25, -0.2) is 13.2 Å². The number of halogens is 3. The van der Waals surface area contributed by atoms with Crippen molar-refractivity contribution in [1.29, 1.82) is 0 Å². The number of thiophene rings is 1. The molecule has 0 spiro atoms. The van der Waals surface area contributed by atoms with Crippen LogP contribution in [0.2, 0.25) is 0 Å². The van der Waals surface area contributed by atoms with Crippen LogP contribution in [-0.4, -0.2) is 6.54 Å². The number of benzene rings is 1. The Morgan fingerprint density at radius 2 is 1.89 bits per heavy atom. The minimum Gasteiger partial charge on any atom is -0.306 e. The first-order valence-electron chi connectivity index (χ1n) is 5.54. The molecule has 0 amide bonds. The highest BCUT2D eigenvalue weighted by molar-refractivity contribution is 7.10. The van der Waals surface area contributed by atoms with E-state index >= 15 is 0 Å². The number of nitrogens with one attached hydrogen (secondary N) is 1. The van der Waals surface area contributed by atoms with E-state index in [1.165, 1.54) is 11.3 Å². The molecule has 0 aliphatic carbocycles. The van der Waals surface area contributed by atoms with Gasteiger partial charge in [-0.05, 0) is 18.0 Å². The topological polar surface area (TPSA) is 12.0 Å². The van der Waals surface area contributed by atoms with E-state index in [0.717, 1.165) is 4.88 Å². The predicted molar refractivity (Wildman–Crippen MR) is 66.2 cm³/mol. The highest BCUT2D eigenvalue weighted by atomic mass is 32.1. The van der Waals surface area contributed by atoms with Gasteiger partial charge in [-0.15, -0.1) is 11.3 Å². The maximum absolute atomic E-state index is 13.8. The van der Waals surface area contributed by atoms with Crippen molar-refractivity contribution in [1.82, 2.24) is 5.32 Å². The Morgan fingerprint density at radius 3 is 2.39 bits per heavy atom. The van der Waals surface area contributed by atoms with Crippen LogP contribution in [0.1, 0.15) is 23.4 Å². The highest BCUT2D eigenvalue weighted by Gasteiger charge is 2.22. The molecule has 2 rings (SSSR count). The van der Waals surface area contributed by atoms with Gasteiger partial charge in [0.05, 0.1) is 6.04 Å². The summed E-state index contributed by atoms with van der Waals surface area (Å²) in [5.74, 6) is -2.64. The molecule has 2 aromatic rings. The van der Waals surface area contributed by atoms with E-state index in [4.69, 9.17) is 0 Å². The fraction of sp³-hybridized carbons (Fsp3) is 0.231. The van der Waals surface area contributed by atoms with Gasteiger partial charge in [0.15, 0.2) is 0 Å². The van der Waals surface area contributed by atoms with E-state index < -0.39 is 23.5 Å². The summed E-state index contributed by atoms with van der Waals surface area (Å²) in [4.78, 5) is 0.793. The molecule has 0 saturated carbocycles. The summed E-state index contributed by atoms with van der Waals surface area (Å²) in [5.41, 5.74) is -0.138. The SMILES string of the molecule is CCNC(c1cccs1)c1c(F)cc(F)cc1F. The molecule has 96 valence electrons. The molecule has 0 radical (unpaired) electrons. The summed E-state index contributed by atoms with van der Waals surface area (Å²) in [5, 5.41) is 4.84. The summed E-state index contributed by atoms with van der Waals surface area (Å²) in [7, 11) is 0. The molecule has 0 aliphatic rings. The van der Waals surface area contributed by atoms with Crippen LogP contribution in [-0.2, 0) is 0 Å². The Balaban J connectivity index is 2.49. The minimum absolute atomic E-state index is 0.138. The van der Waals surface area contributed by atoms with Crippen molar-refractivity contribution in [3.63, 3.8) is 0 Å². The molecule has 1 N–H and O–H groups in total. The predicted octanol–water partition coefficient (Wildman–Crippen LogP) is 3.86. The third-order valence-corrected chi connectivity index (χ3v) is 3.51. The van der Waals surface area contributed by atoms with Gasteiger partial charge in [-0.2, -0.15) is 0 Å². The Bertz CT molecular complexity index is 502. The molecule has 0 bridgehead atoms. The van der Waals surface area contributed by atoms with Crippen LogP contribution in [0.5, 0.6) is 0 Å². The average Bonchev–Trinajstić information content (AvgIpc) is 2.79. The molecule has 5 heteroatoms. The van der Waals surface area contributed by atoms with Gasteiger partial charge in [0, 0.05) is 22.6 Å². The third kappa shape index (κ3) is 2.57. The van der Waals surface area contributed by atoms with Crippen LogP contribution in [0.4, 0.5) is 13.2 Å². The molecule has 1 unspecified atom stereocenters. The van der Waals surface area contributed by atoms with Crippen molar-refractivity contribution >= 4 is 11.3 Å². The highest BCUT2D eigenvalue weighted by Crippen LogP contribution is 2.30. The molecule has 1 aromatic carbocycles. The molecular formula is C13H12F3NS. The number of hydrogen-bond donors (Lipinski definition) is 1. The molecule has 0 fully saturated rings. The van der Waals surface area contributed by atoms with Gasteiger partial charge in [0.2, 0.25) is 0 Å². The van der Waals surface area contributed by atoms with Gasteiger partial charge in [0.1, 0.15) is 17.5 Å².